The molecule has 1 aromatic heterocycles. The van der Waals surface area contributed by atoms with Gasteiger partial charge in [-0.05, 0) is 72.6 Å². The molecule has 37 heavy (non-hydrogen) atoms. The van der Waals surface area contributed by atoms with Crippen LogP contribution in [0.5, 0.6) is 0 Å². The molecule has 2 aromatic carbocycles. The Labute approximate surface area is 217 Å². The Morgan fingerprint density at radius 2 is 1.76 bits per heavy atom. The number of imide groups is 1. The van der Waals surface area contributed by atoms with Gasteiger partial charge in [0.05, 0.1) is 12.2 Å². The summed E-state index contributed by atoms with van der Waals surface area (Å²) in [5, 5.41) is 5.27. The number of nitrogens with zero attached hydrogens (tertiary/aromatic N) is 3. The third-order valence-corrected chi connectivity index (χ3v) is 7.84. The maximum atomic E-state index is 13.8. The number of hydrogen-bond donors (Lipinski definition) is 1. The van der Waals surface area contributed by atoms with Gasteiger partial charge in [-0.3, -0.25) is 19.5 Å². The van der Waals surface area contributed by atoms with Crippen molar-refractivity contribution in [3.63, 3.8) is 0 Å². The fourth-order valence-electron chi connectivity index (χ4n) is 5.69. The average molecular weight is 499 g/mol. The first kappa shape index (κ1) is 24.9. The summed E-state index contributed by atoms with van der Waals surface area (Å²) >= 11 is 0. The smallest absolute Gasteiger partial charge is 0.325 e. The van der Waals surface area contributed by atoms with Gasteiger partial charge in [0, 0.05) is 24.8 Å². The number of amides is 4. The molecule has 0 aliphatic carbocycles. The molecule has 3 aromatic rings. The van der Waals surface area contributed by atoms with Crippen LogP contribution in [0.4, 0.5) is 4.79 Å². The quantitative estimate of drug-likeness (QED) is 0.464. The van der Waals surface area contributed by atoms with E-state index in [0.29, 0.717) is 49.5 Å². The van der Waals surface area contributed by atoms with Crippen molar-refractivity contribution in [1.29, 1.82) is 0 Å². The van der Waals surface area contributed by atoms with Crippen molar-refractivity contribution in [3.8, 4) is 0 Å². The Balaban J connectivity index is 1.32. The van der Waals surface area contributed by atoms with Gasteiger partial charge in [-0.15, -0.1) is 0 Å². The van der Waals surface area contributed by atoms with E-state index in [4.69, 9.17) is 0 Å². The largest absolute Gasteiger partial charge is 0.339 e. The second kappa shape index (κ2) is 10.3. The Morgan fingerprint density at radius 1 is 1.03 bits per heavy atom. The van der Waals surface area contributed by atoms with Crippen molar-refractivity contribution in [3.05, 3.63) is 78.1 Å². The van der Waals surface area contributed by atoms with Crippen molar-refractivity contribution in [2.75, 3.05) is 13.1 Å². The average Bonchev–Trinajstić information content (AvgIpc) is 3.17. The number of carbonyl (C=O) groups is 3. The maximum Gasteiger partial charge on any atom is 0.325 e. The Morgan fingerprint density at radius 3 is 2.46 bits per heavy atom. The molecule has 1 atom stereocenters. The normalized spacial score (nSPS) is 20.6. The van der Waals surface area contributed by atoms with Gasteiger partial charge < -0.3 is 10.2 Å². The number of carbonyl (C=O) groups excluding carboxylic acids is 3. The molecule has 2 aliphatic rings. The summed E-state index contributed by atoms with van der Waals surface area (Å²) in [6.45, 7) is 5.54. The van der Waals surface area contributed by atoms with Crippen LogP contribution >= 0.6 is 0 Å². The monoisotopic (exact) mass is 498 g/mol. The summed E-state index contributed by atoms with van der Waals surface area (Å²) in [6.07, 6.45) is 4.43. The molecule has 0 spiro atoms. The van der Waals surface area contributed by atoms with Gasteiger partial charge in [0.25, 0.3) is 11.8 Å². The van der Waals surface area contributed by atoms with Crippen LogP contribution in [0.25, 0.3) is 10.8 Å². The third kappa shape index (κ3) is 4.95. The molecule has 0 bridgehead atoms. The molecule has 0 saturated carbocycles. The molecule has 7 nitrogen and oxygen atoms in total. The summed E-state index contributed by atoms with van der Waals surface area (Å²) in [5.41, 5.74) is 0.425. The first-order valence-electron chi connectivity index (χ1n) is 13.2. The van der Waals surface area contributed by atoms with E-state index in [1.165, 1.54) is 4.90 Å². The molecule has 0 radical (unpaired) electrons. The number of pyridine rings is 1. The fraction of sp³-hybridized carbons (Fsp3) is 0.400. The van der Waals surface area contributed by atoms with Gasteiger partial charge >= 0.3 is 6.03 Å². The molecule has 1 unspecified atom stereocenters. The topological polar surface area (TPSA) is 82.6 Å². The molecule has 5 rings (SSSR count). The molecule has 4 amide bonds. The van der Waals surface area contributed by atoms with Gasteiger partial charge in [-0.1, -0.05) is 50.2 Å². The van der Waals surface area contributed by atoms with Crippen LogP contribution in [0, 0.1) is 11.8 Å². The number of aromatic nitrogens is 1. The predicted octanol–water partition coefficient (Wildman–Crippen LogP) is 5.01. The molecule has 2 fully saturated rings. The Hall–Kier alpha value is -3.74. The lowest BCUT2D eigenvalue weighted by molar-refractivity contribution is -0.134. The summed E-state index contributed by atoms with van der Waals surface area (Å²) < 4.78 is 0. The molecule has 7 heteroatoms. The highest BCUT2D eigenvalue weighted by Gasteiger charge is 2.55. The lowest BCUT2D eigenvalue weighted by atomic mass is 9.73. The van der Waals surface area contributed by atoms with Crippen molar-refractivity contribution in [1.82, 2.24) is 20.1 Å². The highest BCUT2D eigenvalue weighted by atomic mass is 16.2. The second-order valence-corrected chi connectivity index (χ2v) is 10.7. The van der Waals surface area contributed by atoms with E-state index in [0.717, 1.165) is 17.2 Å². The van der Waals surface area contributed by atoms with E-state index in [-0.39, 0.29) is 30.3 Å². The minimum atomic E-state index is -0.936. The van der Waals surface area contributed by atoms with Crippen LogP contribution in [0.3, 0.4) is 0 Å². The van der Waals surface area contributed by atoms with Crippen molar-refractivity contribution < 1.29 is 14.4 Å². The van der Waals surface area contributed by atoms with Gasteiger partial charge in [-0.25, -0.2) is 4.79 Å². The number of fused-ring (bicyclic) bond motifs is 1. The van der Waals surface area contributed by atoms with E-state index in [1.807, 2.05) is 65.6 Å². The summed E-state index contributed by atoms with van der Waals surface area (Å²) in [7, 11) is 0. The number of urea groups is 1. The summed E-state index contributed by atoms with van der Waals surface area (Å²) in [4.78, 5) is 47.7. The zero-order valence-electron chi connectivity index (χ0n) is 21.5. The standard InChI is InChI=1S/C30H34N4O3/c1-21(2)12-15-30(28(36)34(29(37)32-30)20-26-9-5-6-16-31-26)25-13-17-33(18-14-25)27(35)24-11-10-22-7-3-4-8-23(22)19-24/h3-11,16,19,21,25H,12-15,17-18,20H2,1-2H3,(H,32,37). The highest BCUT2D eigenvalue weighted by Crippen LogP contribution is 2.38. The van der Waals surface area contributed by atoms with Crippen LogP contribution in [0.2, 0.25) is 0 Å². The predicted molar refractivity (Wildman–Crippen MR) is 143 cm³/mol. The van der Waals surface area contributed by atoms with Gasteiger partial charge in [0.15, 0.2) is 0 Å². The van der Waals surface area contributed by atoms with Crippen LogP contribution in [0.15, 0.2) is 66.9 Å². The third-order valence-electron chi connectivity index (χ3n) is 7.84. The molecular formula is C30H34N4O3. The molecule has 192 valence electrons. The second-order valence-electron chi connectivity index (χ2n) is 10.7. The zero-order chi connectivity index (χ0) is 26.0. The van der Waals surface area contributed by atoms with Gasteiger partial charge in [-0.2, -0.15) is 0 Å². The number of benzene rings is 2. The number of nitrogens with one attached hydrogen (secondary N) is 1. The zero-order valence-corrected chi connectivity index (χ0v) is 21.5. The Kier molecular flexibility index (Phi) is 6.96. The van der Waals surface area contributed by atoms with E-state index in [9.17, 15) is 14.4 Å². The number of likely N-dealkylation sites (tertiary alicyclic amines) is 1. The minimum Gasteiger partial charge on any atom is -0.339 e. The number of hydrogen-bond acceptors (Lipinski definition) is 4. The first-order valence-corrected chi connectivity index (χ1v) is 13.2. The SMILES string of the molecule is CC(C)CCC1(C2CCN(C(=O)c3ccc4ccccc4c3)CC2)NC(=O)N(Cc2ccccn2)C1=O. The maximum absolute atomic E-state index is 13.8. The van der Waals surface area contributed by atoms with Crippen LogP contribution in [0.1, 0.15) is 55.6 Å². The van der Waals surface area contributed by atoms with Crippen molar-refractivity contribution >= 4 is 28.6 Å². The van der Waals surface area contributed by atoms with Gasteiger partial charge in [0.2, 0.25) is 0 Å². The molecule has 2 aliphatic heterocycles. The molecular weight excluding hydrogens is 464 g/mol. The Bertz CT molecular complexity index is 1300. The summed E-state index contributed by atoms with van der Waals surface area (Å²) in [6, 6.07) is 19.0. The lowest BCUT2D eigenvalue weighted by Gasteiger charge is -2.41. The van der Waals surface area contributed by atoms with Crippen LogP contribution < -0.4 is 5.32 Å². The molecule has 2 saturated heterocycles. The van der Waals surface area contributed by atoms with E-state index >= 15 is 0 Å². The molecule has 1 N–H and O–H groups in total. The number of rotatable bonds is 7. The van der Waals surface area contributed by atoms with E-state index in [1.54, 1.807) is 6.20 Å². The minimum absolute atomic E-state index is 0.0130. The van der Waals surface area contributed by atoms with Crippen molar-refractivity contribution in [2.24, 2.45) is 11.8 Å². The first-order chi connectivity index (χ1) is 17.9. The molecule has 3 heterocycles. The number of piperidine rings is 1. The summed E-state index contributed by atoms with van der Waals surface area (Å²) in [5.74, 6) is 0.222. The fourth-order valence-corrected chi connectivity index (χ4v) is 5.69. The lowest BCUT2D eigenvalue weighted by Crippen LogP contribution is -2.56. The highest BCUT2D eigenvalue weighted by molar-refractivity contribution is 6.07. The van der Waals surface area contributed by atoms with Crippen LogP contribution in [-0.2, 0) is 11.3 Å². The van der Waals surface area contributed by atoms with E-state index < -0.39 is 5.54 Å². The van der Waals surface area contributed by atoms with Gasteiger partial charge in [0.1, 0.15) is 5.54 Å². The van der Waals surface area contributed by atoms with E-state index in [2.05, 4.69) is 24.1 Å². The van der Waals surface area contributed by atoms with Crippen LogP contribution in [-0.4, -0.2) is 51.3 Å². The van der Waals surface area contributed by atoms with Crippen molar-refractivity contribution in [2.45, 2.75) is 51.6 Å².